The van der Waals surface area contributed by atoms with E-state index in [0.29, 0.717) is 27.3 Å². The fraction of sp³-hybridized carbons (Fsp3) is 0.333. The average molecular weight is 477 g/mol. The first-order valence-electron chi connectivity index (χ1n) is 9.86. The molecule has 1 amide bonds. The Balaban J connectivity index is 1.47. The zero-order valence-corrected chi connectivity index (χ0v) is 19.5. The number of nitrogens with one attached hydrogen (secondary N) is 1. The molecule has 0 spiro atoms. The number of ether oxygens (including phenoxy) is 1. The third kappa shape index (κ3) is 4.49. The molecule has 0 unspecified atom stereocenters. The fourth-order valence-corrected chi connectivity index (χ4v) is 5.82. The molecule has 162 valence electrons. The summed E-state index contributed by atoms with van der Waals surface area (Å²) in [5.74, 6) is 0.279. The molecule has 3 aromatic rings. The first kappa shape index (κ1) is 21.9. The number of nitrogens with zero attached hydrogens (tertiary/aromatic N) is 3. The second-order valence-corrected chi connectivity index (χ2v) is 9.43. The van der Waals surface area contributed by atoms with Gasteiger partial charge < -0.3 is 14.6 Å². The number of halogens is 1. The van der Waals surface area contributed by atoms with Crippen LogP contribution in [0.2, 0.25) is 5.02 Å². The second kappa shape index (κ2) is 9.42. The highest BCUT2D eigenvalue weighted by Gasteiger charge is 2.28. The number of carbonyl (C=O) groups excluding carboxylic acids is 2. The minimum Gasteiger partial charge on any atom is -0.465 e. The number of hydrogen-bond acceptors (Lipinski definition) is 7. The number of rotatable bonds is 7. The summed E-state index contributed by atoms with van der Waals surface area (Å²) in [7, 11) is 1.36. The fourth-order valence-electron chi connectivity index (χ4n) is 3.60. The highest BCUT2D eigenvalue weighted by molar-refractivity contribution is 7.99. The van der Waals surface area contributed by atoms with Gasteiger partial charge in [-0.05, 0) is 56.0 Å². The standard InChI is InChI=1S/C21H21ClN4O3S2/c1-3-26-18(12-7-9-13(22)10-8-12)24-25-21(26)30-11-16(27)23-19-17(20(28)29-2)14-5-4-6-15(14)31-19/h7-10H,3-6,11H2,1-2H3,(H,23,27). The number of aryl methyl sites for hydroxylation is 1. The van der Waals surface area contributed by atoms with Gasteiger partial charge in [0, 0.05) is 22.0 Å². The Bertz CT molecular complexity index is 1120. The Morgan fingerprint density at radius 1 is 1.26 bits per heavy atom. The van der Waals surface area contributed by atoms with Gasteiger partial charge in [-0.3, -0.25) is 4.79 Å². The van der Waals surface area contributed by atoms with Crippen LogP contribution in [0.25, 0.3) is 11.4 Å². The number of esters is 1. The number of thiophene rings is 1. The summed E-state index contributed by atoms with van der Waals surface area (Å²) in [4.78, 5) is 26.1. The van der Waals surface area contributed by atoms with E-state index in [1.807, 2.05) is 35.8 Å². The highest BCUT2D eigenvalue weighted by atomic mass is 35.5. The van der Waals surface area contributed by atoms with E-state index in [4.69, 9.17) is 16.3 Å². The van der Waals surface area contributed by atoms with Crippen molar-refractivity contribution in [3.05, 3.63) is 45.3 Å². The monoisotopic (exact) mass is 476 g/mol. The van der Waals surface area contributed by atoms with Gasteiger partial charge >= 0.3 is 5.97 Å². The summed E-state index contributed by atoms with van der Waals surface area (Å²) < 4.78 is 6.89. The molecule has 1 aliphatic rings. The maximum absolute atomic E-state index is 12.6. The first-order chi connectivity index (χ1) is 15.0. The quantitative estimate of drug-likeness (QED) is 0.393. The predicted molar refractivity (Wildman–Crippen MR) is 123 cm³/mol. The molecule has 2 heterocycles. The third-order valence-electron chi connectivity index (χ3n) is 5.03. The molecule has 2 aromatic heterocycles. The molecule has 1 aromatic carbocycles. The molecule has 0 saturated carbocycles. The first-order valence-corrected chi connectivity index (χ1v) is 12.0. The van der Waals surface area contributed by atoms with E-state index in [1.54, 1.807) is 0 Å². The molecule has 0 radical (unpaired) electrons. The number of aromatic nitrogens is 3. The van der Waals surface area contributed by atoms with E-state index in [1.165, 1.54) is 30.2 Å². The number of carbonyl (C=O) groups is 2. The molecule has 1 aliphatic carbocycles. The molecule has 0 bridgehead atoms. The van der Waals surface area contributed by atoms with Gasteiger partial charge in [0.2, 0.25) is 5.91 Å². The lowest BCUT2D eigenvalue weighted by atomic mass is 10.1. The number of benzene rings is 1. The van der Waals surface area contributed by atoms with Crippen molar-refractivity contribution in [3.63, 3.8) is 0 Å². The lowest BCUT2D eigenvalue weighted by Crippen LogP contribution is -2.16. The van der Waals surface area contributed by atoms with E-state index in [0.717, 1.165) is 41.1 Å². The van der Waals surface area contributed by atoms with Crippen LogP contribution in [-0.2, 0) is 28.9 Å². The van der Waals surface area contributed by atoms with Gasteiger partial charge in [-0.1, -0.05) is 23.4 Å². The molecule has 0 aliphatic heterocycles. The van der Waals surface area contributed by atoms with Crippen LogP contribution >= 0.6 is 34.7 Å². The van der Waals surface area contributed by atoms with Gasteiger partial charge in [-0.2, -0.15) is 0 Å². The summed E-state index contributed by atoms with van der Waals surface area (Å²) in [6.07, 6.45) is 2.80. The van der Waals surface area contributed by atoms with Crippen molar-refractivity contribution >= 4 is 51.6 Å². The van der Waals surface area contributed by atoms with Crippen LogP contribution in [0.1, 0.15) is 34.1 Å². The Morgan fingerprint density at radius 2 is 2.03 bits per heavy atom. The normalized spacial score (nSPS) is 12.6. The second-order valence-electron chi connectivity index (χ2n) is 6.95. The third-order valence-corrected chi connectivity index (χ3v) is 7.46. The summed E-state index contributed by atoms with van der Waals surface area (Å²) in [5.41, 5.74) is 2.42. The average Bonchev–Trinajstić information content (AvgIpc) is 3.46. The van der Waals surface area contributed by atoms with Crippen LogP contribution < -0.4 is 5.32 Å². The molecule has 31 heavy (non-hydrogen) atoms. The maximum Gasteiger partial charge on any atom is 0.341 e. The van der Waals surface area contributed by atoms with Crippen LogP contribution in [0.15, 0.2) is 29.4 Å². The van der Waals surface area contributed by atoms with E-state index < -0.39 is 5.97 Å². The molecule has 0 saturated heterocycles. The van der Waals surface area contributed by atoms with Crippen molar-refractivity contribution in [1.82, 2.24) is 14.8 Å². The number of fused-ring (bicyclic) bond motifs is 1. The highest BCUT2D eigenvalue weighted by Crippen LogP contribution is 2.39. The lowest BCUT2D eigenvalue weighted by molar-refractivity contribution is -0.113. The molecule has 4 rings (SSSR count). The summed E-state index contributed by atoms with van der Waals surface area (Å²) in [6, 6.07) is 7.40. The number of hydrogen-bond donors (Lipinski definition) is 1. The lowest BCUT2D eigenvalue weighted by Gasteiger charge is -2.08. The van der Waals surface area contributed by atoms with E-state index in [-0.39, 0.29) is 11.7 Å². The largest absolute Gasteiger partial charge is 0.465 e. The minimum atomic E-state index is -0.402. The Hall–Kier alpha value is -2.36. The Kier molecular flexibility index (Phi) is 6.64. The summed E-state index contributed by atoms with van der Waals surface area (Å²) in [5, 5.41) is 13.3. The summed E-state index contributed by atoms with van der Waals surface area (Å²) >= 11 is 8.75. The molecule has 7 nitrogen and oxygen atoms in total. The Morgan fingerprint density at radius 3 is 2.74 bits per heavy atom. The van der Waals surface area contributed by atoms with Crippen molar-refractivity contribution in [2.45, 2.75) is 37.9 Å². The van der Waals surface area contributed by atoms with Gasteiger partial charge in [0.15, 0.2) is 11.0 Å². The van der Waals surface area contributed by atoms with Crippen molar-refractivity contribution in [1.29, 1.82) is 0 Å². The molecule has 0 fully saturated rings. The van der Waals surface area contributed by atoms with Gasteiger partial charge in [0.1, 0.15) is 5.00 Å². The van der Waals surface area contributed by atoms with Crippen LogP contribution in [-0.4, -0.2) is 39.5 Å². The van der Waals surface area contributed by atoms with E-state index in [2.05, 4.69) is 15.5 Å². The van der Waals surface area contributed by atoms with Crippen molar-refractivity contribution in [2.24, 2.45) is 0 Å². The molecule has 1 N–H and O–H groups in total. The van der Waals surface area contributed by atoms with Crippen LogP contribution in [0.4, 0.5) is 5.00 Å². The topological polar surface area (TPSA) is 86.1 Å². The zero-order valence-electron chi connectivity index (χ0n) is 17.1. The SMILES string of the molecule is CCn1c(SCC(=O)Nc2sc3c(c2C(=O)OC)CCC3)nnc1-c1ccc(Cl)cc1. The van der Waals surface area contributed by atoms with Gasteiger partial charge in [-0.25, -0.2) is 4.79 Å². The van der Waals surface area contributed by atoms with Gasteiger partial charge in [0.25, 0.3) is 0 Å². The van der Waals surface area contributed by atoms with Crippen LogP contribution in [0.3, 0.4) is 0 Å². The number of methoxy groups -OCH3 is 1. The van der Waals surface area contributed by atoms with Crippen LogP contribution in [0.5, 0.6) is 0 Å². The Labute approximate surface area is 193 Å². The van der Waals surface area contributed by atoms with Crippen LogP contribution in [0, 0.1) is 0 Å². The van der Waals surface area contributed by atoms with E-state index in [9.17, 15) is 9.59 Å². The minimum absolute atomic E-state index is 0.155. The number of amides is 1. The van der Waals surface area contributed by atoms with Crippen molar-refractivity contribution in [3.8, 4) is 11.4 Å². The molecular weight excluding hydrogens is 456 g/mol. The molecule has 0 atom stereocenters. The zero-order chi connectivity index (χ0) is 22.0. The molecular formula is C21H21ClN4O3S2. The van der Waals surface area contributed by atoms with Crippen molar-refractivity contribution in [2.75, 3.05) is 18.2 Å². The number of anilines is 1. The smallest absolute Gasteiger partial charge is 0.341 e. The number of thioether (sulfide) groups is 1. The van der Waals surface area contributed by atoms with E-state index >= 15 is 0 Å². The maximum atomic E-state index is 12.6. The van der Waals surface area contributed by atoms with Gasteiger partial charge in [0.05, 0.1) is 18.4 Å². The molecule has 10 heteroatoms. The summed E-state index contributed by atoms with van der Waals surface area (Å²) in [6.45, 7) is 2.67. The van der Waals surface area contributed by atoms with Gasteiger partial charge in [-0.15, -0.1) is 21.5 Å². The predicted octanol–water partition coefficient (Wildman–Crippen LogP) is 4.69. The van der Waals surface area contributed by atoms with Crippen molar-refractivity contribution < 1.29 is 14.3 Å².